The fraction of sp³-hybridized carbons (Fsp3) is 0.278. The number of para-hydroxylation sites is 1. The molecule has 0 aliphatic carbocycles. The maximum absolute atomic E-state index is 12.7. The van der Waals surface area contributed by atoms with Crippen molar-refractivity contribution in [2.75, 3.05) is 13.1 Å². The maximum Gasteiger partial charge on any atom is 0.273 e. The topological polar surface area (TPSA) is 63.1 Å². The second kappa shape index (κ2) is 5.79. The number of thiazole rings is 1. The van der Waals surface area contributed by atoms with Crippen molar-refractivity contribution < 1.29 is 4.79 Å². The summed E-state index contributed by atoms with van der Waals surface area (Å²) in [7, 11) is 0. The lowest BCUT2D eigenvalue weighted by Gasteiger charge is -2.26. The SMILES string of the molecule is O=C(c1csc(-c2cnn(-c3ccccc3)c2)n1)N1C[C@@H]2C[C@H]1CN2. The molecule has 0 unspecified atom stereocenters. The van der Waals surface area contributed by atoms with Crippen LogP contribution < -0.4 is 5.32 Å². The number of rotatable bonds is 3. The molecule has 2 aromatic heterocycles. The Morgan fingerprint density at radius 2 is 2.16 bits per heavy atom. The van der Waals surface area contributed by atoms with Gasteiger partial charge in [0.05, 0.1) is 11.9 Å². The molecule has 0 saturated carbocycles. The Balaban J connectivity index is 1.38. The van der Waals surface area contributed by atoms with E-state index in [9.17, 15) is 4.79 Å². The van der Waals surface area contributed by atoms with E-state index in [4.69, 9.17) is 0 Å². The van der Waals surface area contributed by atoms with Crippen LogP contribution in [0.2, 0.25) is 0 Å². The van der Waals surface area contributed by atoms with E-state index in [2.05, 4.69) is 15.4 Å². The van der Waals surface area contributed by atoms with Crippen LogP contribution in [0.3, 0.4) is 0 Å². The van der Waals surface area contributed by atoms with E-state index in [0.717, 1.165) is 35.8 Å². The van der Waals surface area contributed by atoms with E-state index in [1.807, 2.05) is 51.5 Å². The fourth-order valence-corrected chi connectivity index (χ4v) is 4.39. The summed E-state index contributed by atoms with van der Waals surface area (Å²) in [6.07, 6.45) is 4.80. The number of carbonyl (C=O) groups is 1. The van der Waals surface area contributed by atoms with Crippen LogP contribution in [0, 0.1) is 0 Å². The Morgan fingerprint density at radius 1 is 1.28 bits per heavy atom. The number of aromatic nitrogens is 3. The smallest absolute Gasteiger partial charge is 0.273 e. The van der Waals surface area contributed by atoms with Crippen molar-refractivity contribution in [2.45, 2.75) is 18.5 Å². The van der Waals surface area contributed by atoms with Gasteiger partial charge in [0.15, 0.2) is 0 Å². The first-order valence-corrected chi connectivity index (χ1v) is 9.26. The number of fused-ring (bicyclic) bond motifs is 2. The third kappa shape index (κ3) is 2.56. The Kier molecular flexibility index (Phi) is 3.43. The first-order valence-electron chi connectivity index (χ1n) is 8.38. The van der Waals surface area contributed by atoms with Gasteiger partial charge in [-0.15, -0.1) is 11.3 Å². The summed E-state index contributed by atoms with van der Waals surface area (Å²) in [4.78, 5) is 19.3. The molecule has 5 rings (SSSR count). The van der Waals surface area contributed by atoms with Crippen LogP contribution in [0.15, 0.2) is 48.1 Å². The second-order valence-corrected chi connectivity index (χ2v) is 7.36. The van der Waals surface area contributed by atoms with Crippen molar-refractivity contribution in [3.63, 3.8) is 0 Å². The highest BCUT2D eigenvalue weighted by Gasteiger charge is 2.40. The van der Waals surface area contributed by atoms with Gasteiger partial charge in [-0.1, -0.05) is 18.2 Å². The highest BCUT2D eigenvalue weighted by Crippen LogP contribution is 2.28. The van der Waals surface area contributed by atoms with Crippen molar-refractivity contribution >= 4 is 17.2 Å². The molecule has 6 nitrogen and oxygen atoms in total. The molecule has 4 heterocycles. The quantitative estimate of drug-likeness (QED) is 0.786. The van der Waals surface area contributed by atoms with Crippen LogP contribution in [0.1, 0.15) is 16.9 Å². The number of amides is 1. The number of hydrogen-bond acceptors (Lipinski definition) is 5. The highest BCUT2D eigenvalue weighted by atomic mass is 32.1. The van der Waals surface area contributed by atoms with Crippen molar-refractivity contribution in [2.24, 2.45) is 0 Å². The lowest BCUT2D eigenvalue weighted by molar-refractivity contribution is 0.0711. The summed E-state index contributed by atoms with van der Waals surface area (Å²) in [5.41, 5.74) is 2.47. The number of carbonyl (C=O) groups excluding carboxylic acids is 1. The summed E-state index contributed by atoms with van der Waals surface area (Å²) < 4.78 is 1.82. The largest absolute Gasteiger partial charge is 0.331 e. The van der Waals surface area contributed by atoms with Gasteiger partial charge in [0.2, 0.25) is 0 Å². The number of nitrogens with zero attached hydrogens (tertiary/aromatic N) is 4. The number of likely N-dealkylation sites (tertiary alicyclic amines) is 1. The lowest BCUT2D eigenvalue weighted by atomic mass is 10.2. The minimum Gasteiger partial charge on any atom is -0.331 e. The van der Waals surface area contributed by atoms with Gasteiger partial charge in [-0.3, -0.25) is 4.79 Å². The van der Waals surface area contributed by atoms with E-state index in [1.165, 1.54) is 11.3 Å². The van der Waals surface area contributed by atoms with E-state index in [1.54, 1.807) is 6.20 Å². The zero-order valence-electron chi connectivity index (χ0n) is 13.5. The number of hydrogen-bond donors (Lipinski definition) is 1. The molecular formula is C18H17N5OS. The van der Waals surface area contributed by atoms with E-state index < -0.39 is 0 Å². The standard InChI is InChI=1S/C18H17N5OS/c24-18(22-10-13-6-15(22)8-19-13)16-11-25-17(21-16)12-7-20-23(9-12)14-4-2-1-3-5-14/h1-5,7,9,11,13,15,19H,6,8,10H2/t13-,15-/m0/s1. The van der Waals surface area contributed by atoms with Crippen LogP contribution in [0.5, 0.6) is 0 Å². The zero-order valence-corrected chi connectivity index (χ0v) is 14.3. The molecule has 0 spiro atoms. The van der Waals surface area contributed by atoms with E-state index in [0.29, 0.717) is 17.8 Å². The van der Waals surface area contributed by atoms with Gasteiger partial charge in [-0.2, -0.15) is 5.10 Å². The molecule has 3 aromatic rings. The average Bonchev–Trinajstić information content (AvgIpc) is 3.45. The molecule has 2 atom stereocenters. The minimum atomic E-state index is 0.0481. The molecular weight excluding hydrogens is 334 g/mol. The van der Waals surface area contributed by atoms with Crippen LogP contribution in [0.25, 0.3) is 16.3 Å². The lowest BCUT2D eigenvalue weighted by Crippen LogP contribution is -2.46. The van der Waals surface area contributed by atoms with E-state index >= 15 is 0 Å². The van der Waals surface area contributed by atoms with Gasteiger partial charge in [0.1, 0.15) is 10.7 Å². The Hall–Kier alpha value is -2.51. The summed E-state index contributed by atoms with van der Waals surface area (Å²) in [5.74, 6) is 0.0481. The molecule has 25 heavy (non-hydrogen) atoms. The first kappa shape index (κ1) is 14.8. The molecule has 1 amide bonds. The molecule has 126 valence electrons. The van der Waals surface area contributed by atoms with Crippen LogP contribution in [-0.2, 0) is 0 Å². The van der Waals surface area contributed by atoms with Gasteiger partial charge in [0, 0.05) is 42.3 Å². The Labute approximate surface area is 149 Å². The predicted molar refractivity (Wildman–Crippen MR) is 95.9 cm³/mol. The fourth-order valence-electron chi connectivity index (χ4n) is 3.62. The third-order valence-electron chi connectivity index (χ3n) is 4.89. The maximum atomic E-state index is 12.7. The van der Waals surface area contributed by atoms with Crippen molar-refractivity contribution in [3.05, 3.63) is 53.8 Å². The number of benzene rings is 1. The monoisotopic (exact) mass is 351 g/mol. The van der Waals surface area contributed by atoms with Crippen molar-refractivity contribution in [1.82, 2.24) is 25.0 Å². The molecule has 1 N–H and O–H groups in total. The molecule has 2 aliphatic heterocycles. The minimum absolute atomic E-state index is 0.0481. The van der Waals surface area contributed by atoms with Gasteiger partial charge < -0.3 is 10.2 Å². The molecule has 2 aliphatic rings. The summed E-state index contributed by atoms with van der Waals surface area (Å²) in [5, 5.41) is 10.5. The van der Waals surface area contributed by atoms with Crippen LogP contribution in [-0.4, -0.2) is 50.7 Å². The predicted octanol–water partition coefficient (Wildman–Crippen LogP) is 2.18. The summed E-state index contributed by atoms with van der Waals surface area (Å²) in [6, 6.07) is 10.7. The Bertz CT molecular complexity index is 918. The molecule has 0 radical (unpaired) electrons. The van der Waals surface area contributed by atoms with Gasteiger partial charge in [-0.25, -0.2) is 9.67 Å². The second-order valence-electron chi connectivity index (χ2n) is 6.50. The normalized spacial score (nSPS) is 21.8. The zero-order chi connectivity index (χ0) is 16.8. The van der Waals surface area contributed by atoms with Crippen LogP contribution >= 0.6 is 11.3 Å². The molecule has 2 fully saturated rings. The highest BCUT2D eigenvalue weighted by molar-refractivity contribution is 7.13. The van der Waals surface area contributed by atoms with E-state index in [-0.39, 0.29) is 5.91 Å². The van der Waals surface area contributed by atoms with Gasteiger partial charge >= 0.3 is 0 Å². The molecule has 2 saturated heterocycles. The summed E-state index contributed by atoms with van der Waals surface area (Å²) >= 11 is 1.49. The van der Waals surface area contributed by atoms with Crippen molar-refractivity contribution in [1.29, 1.82) is 0 Å². The molecule has 2 bridgehead atoms. The number of piperazine rings is 1. The first-order chi connectivity index (χ1) is 12.3. The van der Waals surface area contributed by atoms with Gasteiger partial charge in [0.25, 0.3) is 5.91 Å². The summed E-state index contributed by atoms with van der Waals surface area (Å²) in [6.45, 7) is 1.69. The third-order valence-corrected chi connectivity index (χ3v) is 5.78. The van der Waals surface area contributed by atoms with Crippen LogP contribution in [0.4, 0.5) is 0 Å². The average molecular weight is 351 g/mol. The Morgan fingerprint density at radius 3 is 2.92 bits per heavy atom. The molecule has 7 heteroatoms. The van der Waals surface area contributed by atoms with Gasteiger partial charge in [-0.05, 0) is 18.6 Å². The molecule has 1 aromatic carbocycles. The number of nitrogens with one attached hydrogen (secondary N) is 1. The van der Waals surface area contributed by atoms with Crippen molar-refractivity contribution in [3.8, 4) is 16.3 Å².